The van der Waals surface area contributed by atoms with Crippen LogP contribution in [0, 0.1) is 13.8 Å². The van der Waals surface area contributed by atoms with Crippen LogP contribution >= 0.6 is 0 Å². The van der Waals surface area contributed by atoms with Crippen LogP contribution in [-0.4, -0.2) is 20.9 Å². The molecule has 0 aliphatic heterocycles. The van der Waals surface area contributed by atoms with Gasteiger partial charge in [0.2, 0.25) is 0 Å². The second-order valence-electron chi connectivity index (χ2n) is 7.23. The maximum Gasteiger partial charge on any atom is 0.254 e. The maximum absolute atomic E-state index is 12.4. The number of amides is 1. The fraction of sp³-hybridized carbons (Fsp3) is 0.381. The minimum Gasteiger partial charge on any atom is -0.358 e. The Hall–Kier alpha value is -2.69. The molecule has 1 saturated carbocycles. The number of aryl methyl sites for hydroxylation is 2. The first-order valence-corrected chi connectivity index (χ1v) is 9.29. The van der Waals surface area contributed by atoms with Crippen molar-refractivity contribution in [3.05, 3.63) is 58.8 Å². The molecule has 0 radical (unpaired) electrons. The Labute approximate surface area is 153 Å². The van der Waals surface area contributed by atoms with E-state index in [1.165, 1.54) is 54.2 Å². The normalized spacial score (nSPS) is 14.8. The maximum atomic E-state index is 12.4. The molecule has 1 amide bonds. The summed E-state index contributed by atoms with van der Waals surface area (Å²) < 4.78 is 0. The molecule has 134 valence electrons. The van der Waals surface area contributed by atoms with Gasteiger partial charge in [0.25, 0.3) is 5.91 Å². The number of H-pyrrole nitrogens is 1. The summed E-state index contributed by atoms with van der Waals surface area (Å²) in [4.78, 5) is 24.0. The zero-order chi connectivity index (χ0) is 18.1. The van der Waals surface area contributed by atoms with Crippen LogP contribution in [0.25, 0.3) is 10.9 Å². The zero-order valence-electron chi connectivity index (χ0n) is 15.3. The lowest BCUT2D eigenvalue weighted by Crippen LogP contribution is -2.24. The van der Waals surface area contributed by atoms with E-state index in [0.717, 1.165) is 5.56 Å². The molecule has 26 heavy (non-hydrogen) atoms. The van der Waals surface area contributed by atoms with Crippen molar-refractivity contribution in [3.8, 4) is 0 Å². The monoisotopic (exact) mass is 348 g/mol. The second kappa shape index (κ2) is 6.90. The molecule has 3 aromatic rings. The van der Waals surface area contributed by atoms with Crippen molar-refractivity contribution < 1.29 is 4.79 Å². The molecule has 2 heterocycles. The Kier molecular flexibility index (Phi) is 4.45. The topological polar surface area (TPSA) is 70.7 Å². The summed E-state index contributed by atoms with van der Waals surface area (Å²) >= 11 is 0. The Morgan fingerprint density at radius 1 is 1.27 bits per heavy atom. The summed E-state index contributed by atoms with van der Waals surface area (Å²) in [6.45, 7) is 4.52. The minimum atomic E-state index is -0.138. The van der Waals surface area contributed by atoms with Gasteiger partial charge in [-0.1, -0.05) is 18.9 Å². The fourth-order valence-corrected chi connectivity index (χ4v) is 4.02. The molecule has 0 atom stereocenters. The first-order valence-electron chi connectivity index (χ1n) is 9.29. The average molecular weight is 348 g/mol. The average Bonchev–Trinajstić information content (AvgIpc) is 3.28. The van der Waals surface area contributed by atoms with Gasteiger partial charge in [0.1, 0.15) is 6.33 Å². The van der Waals surface area contributed by atoms with Gasteiger partial charge in [-0.15, -0.1) is 0 Å². The summed E-state index contributed by atoms with van der Waals surface area (Å²) in [7, 11) is 0. The van der Waals surface area contributed by atoms with Crippen LogP contribution < -0.4 is 5.32 Å². The van der Waals surface area contributed by atoms with Crippen molar-refractivity contribution in [3.63, 3.8) is 0 Å². The molecular formula is C21H24N4O. The van der Waals surface area contributed by atoms with E-state index in [4.69, 9.17) is 0 Å². The first-order chi connectivity index (χ1) is 12.6. The molecule has 2 aromatic heterocycles. The highest BCUT2D eigenvalue weighted by molar-refractivity contribution is 5.94. The van der Waals surface area contributed by atoms with E-state index >= 15 is 0 Å². The molecule has 0 saturated heterocycles. The molecule has 0 bridgehead atoms. The van der Waals surface area contributed by atoms with E-state index in [-0.39, 0.29) is 5.91 Å². The molecule has 1 aromatic carbocycles. The lowest BCUT2D eigenvalue weighted by atomic mass is 9.99. The number of benzene rings is 1. The SMILES string of the molecule is Cc1ncncc1C(=O)NCc1ccc2[nH]c(C3CCCC3)c(C)c2c1. The predicted molar refractivity (Wildman–Crippen MR) is 102 cm³/mol. The largest absolute Gasteiger partial charge is 0.358 e. The number of rotatable bonds is 4. The van der Waals surface area contributed by atoms with E-state index in [1.54, 1.807) is 6.20 Å². The summed E-state index contributed by atoms with van der Waals surface area (Å²) in [5.41, 5.74) is 6.25. The smallest absolute Gasteiger partial charge is 0.254 e. The Bertz CT molecular complexity index is 954. The standard InChI is InChI=1S/C21H24N4O/c1-13-17-9-15(10-23-21(26)18-11-22-12-24-14(18)2)7-8-19(17)25-20(13)16-5-3-4-6-16/h7-9,11-12,16,25H,3-6,10H2,1-2H3,(H,23,26). The molecule has 1 fully saturated rings. The molecule has 0 unspecified atom stereocenters. The Morgan fingerprint density at radius 3 is 2.85 bits per heavy atom. The van der Waals surface area contributed by atoms with E-state index < -0.39 is 0 Å². The highest BCUT2D eigenvalue weighted by Gasteiger charge is 2.21. The van der Waals surface area contributed by atoms with Crippen LogP contribution in [0.15, 0.2) is 30.7 Å². The van der Waals surface area contributed by atoms with Crippen LogP contribution in [0.1, 0.15) is 64.5 Å². The molecule has 0 spiro atoms. The number of aromatic amines is 1. The quantitative estimate of drug-likeness (QED) is 0.743. The fourth-order valence-electron chi connectivity index (χ4n) is 4.02. The van der Waals surface area contributed by atoms with Crippen molar-refractivity contribution >= 4 is 16.8 Å². The number of hydrogen-bond donors (Lipinski definition) is 2. The number of aromatic nitrogens is 3. The van der Waals surface area contributed by atoms with Gasteiger partial charge in [-0.2, -0.15) is 0 Å². The predicted octanol–water partition coefficient (Wildman–Crippen LogP) is 4.16. The third-order valence-corrected chi connectivity index (χ3v) is 5.53. The van der Waals surface area contributed by atoms with E-state index in [9.17, 15) is 4.79 Å². The van der Waals surface area contributed by atoms with Gasteiger partial charge in [-0.3, -0.25) is 4.79 Å². The van der Waals surface area contributed by atoms with E-state index in [1.807, 2.05) is 6.92 Å². The number of carbonyl (C=O) groups is 1. The van der Waals surface area contributed by atoms with Gasteiger partial charge < -0.3 is 10.3 Å². The number of fused-ring (bicyclic) bond motifs is 1. The van der Waals surface area contributed by atoms with Gasteiger partial charge in [0.15, 0.2) is 0 Å². The van der Waals surface area contributed by atoms with Crippen LogP contribution in [0.3, 0.4) is 0 Å². The summed E-state index contributed by atoms with van der Waals surface area (Å²) in [5.74, 6) is 0.534. The van der Waals surface area contributed by atoms with E-state index in [2.05, 4.69) is 45.4 Å². The lowest BCUT2D eigenvalue weighted by Gasteiger charge is -2.08. The Morgan fingerprint density at radius 2 is 2.08 bits per heavy atom. The van der Waals surface area contributed by atoms with Gasteiger partial charge in [0.05, 0.1) is 11.3 Å². The third-order valence-electron chi connectivity index (χ3n) is 5.53. The molecule has 1 aliphatic carbocycles. The zero-order valence-corrected chi connectivity index (χ0v) is 15.3. The van der Waals surface area contributed by atoms with E-state index in [0.29, 0.717) is 23.7 Å². The van der Waals surface area contributed by atoms with Gasteiger partial charge >= 0.3 is 0 Å². The highest BCUT2D eigenvalue weighted by atomic mass is 16.1. The minimum absolute atomic E-state index is 0.138. The van der Waals surface area contributed by atoms with Crippen LogP contribution in [-0.2, 0) is 6.54 Å². The summed E-state index contributed by atoms with van der Waals surface area (Å²) in [6.07, 6.45) is 8.25. The van der Waals surface area contributed by atoms with Gasteiger partial charge in [-0.05, 0) is 55.9 Å². The van der Waals surface area contributed by atoms with Crippen molar-refractivity contribution in [1.29, 1.82) is 0 Å². The molecule has 5 heteroatoms. The van der Waals surface area contributed by atoms with Crippen molar-refractivity contribution in [2.75, 3.05) is 0 Å². The van der Waals surface area contributed by atoms with Crippen molar-refractivity contribution in [2.45, 2.75) is 52.0 Å². The van der Waals surface area contributed by atoms with Crippen LogP contribution in [0.2, 0.25) is 0 Å². The summed E-state index contributed by atoms with van der Waals surface area (Å²) in [6, 6.07) is 6.39. The van der Waals surface area contributed by atoms with Gasteiger partial charge in [-0.25, -0.2) is 9.97 Å². The number of hydrogen-bond acceptors (Lipinski definition) is 3. The van der Waals surface area contributed by atoms with Crippen molar-refractivity contribution in [2.24, 2.45) is 0 Å². The second-order valence-corrected chi connectivity index (χ2v) is 7.23. The van der Waals surface area contributed by atoms with Crippen LogP contribution in [0.4, 0.5) is 0 Å². The molecular weight excluding hydrogens is 324 g/mol. The first kappa shape index (κ1) is 16.8. The molecule has 1 aliphatic rings. The van der Waals surface area contributed by atoms with Crippen molar-refractivity contribution in [1.82, 2.24) is 20.3 Å². The number of nitrogens with zero attached hydrogens (tertiary/aromatic N) is 2. The lowest BCUT2D eigenvalue weighted by molar-refractivity contribution is 0.0949. The Balaban J connectivity index is 1.53. The third kappa shape index (κ3) is 3.09. The number of carbonyl (C=O) groups excluding carboxylic acids is 1. The van der Waals surface area contributed by atoms with Gasteiger partial charge in [0, 0.05) is 29.3 Å². The molecule has 2 N–H and O–H groups in total. The molecule has 5 nitrogen and oxygen atoms in total. The summed E-state index contributed by atoms with van der Waals surface area (Å²) in [5, 5.41) is 4.23. The molecule has 4 rings (SSSR count). The van der Waals surface area contributed by atoms with Crippen LogP contribution in [0.5, 0.6) is 0 Å². The number of nitrogens with one attached hydrogen (secondary N) is 2. The highest BCUT2D eigenvalue weighted by Crippen LogP contribution is 2.37.